The third kappa shape index (κ3) is 4.55. The lowest BCUT2D eigenvalue weighted by Crippen LogP contribution is -2.34. The molecule has 1 heteroatoms. The predicted molar refractivity (Wildman–Crippen MR) is 66.0 cm³/mol. The van der Waals surface area contributed by atoms with E-state index >= 15 is 0 Å². The highest BCUT2D eigenvalue weighted by Crippen LogP contribution is 2.38. The summed E-state index contributed by atoms with van der Waals surface area (Å²) in [5.74, 6) is 0.832. The number of rotatable bonds is 1. The largest absolute Gasteiger partial charge is 0.378 e. The Hall–Kier alpha value is -0.0400. The standard InChI is InChI=1S/C14H28O/c1-13(2,3)10-12-9-11(7-8-15-12)14(4,5)6/h11-12H,7-10H2,1-6H3. The van der Waals surface area contributed by atoms with E-state index in [1.807, 2.05) is 0 Å². The maximum atomic E-state index is 5.88. The maximum absolute atomic E-state index is 5.88. The summed E-state index contributed by atoms with van der Waals surface area (Å²) < 4.78 is 5.88. The molecule has 90 valence electrons. The zero-order valence-electron chi connectivity index (χ0n) is 11.4. The second kappa shape index (κ2) is 4.45. The Morgan fingerprint density at radius 1 is 1.07 bits per heavy atom. The van der Waals surface area contributed by atoms with Crippen molar-refractivity contribution in [3.63, 3.8) is 0 Å². The van der Waals surface area contributed by atoms with Crippen LogP contribution in [0, 0.1) is 16.7 Å². The van der Waals surface area contributed by atoms with Crippen molar-refractivity contribution < 1.29 is 4.74 Å². The number of hydrogen-bond donors (Lipinski definition) is 0. The van der Waals surface area contributed by atoms with Crippen LogP contribution in [0.3, 0.4) is 0 Å². The Balaban J connectivity index is 2.50. The average Bonchev–Trinajstić information content (AvgIpc) is 1.99. The smallest absolute Gasteiger partial charge is 0.0583 e. The Labute approximate surface area is 95.6 Å². The van der Waals surface area contributed by atoms with E-state index in [0.717, 1.165) is 12.5 Å². The minimum Gasteiger partial charge on any atom is -0.378 e. The second-order valence-corrected chi connectivity index (χ2v) is 7.34. The van der Waals surface area contributed by atoms with Crippen LogP contribution in [0.1, 0.15) is 60.8 Å². The molecule has 15 heavy (non-hydrogen) atoms. The molecule has 0 radical (unpaired) electrons. The lowest BCUT2D eigenvalue weighted by molar-refractivity contribution is -0.0511. The molecule has 0 aromatic heterocycles. The molecule has 0 aliphatic carbocycles. The molecule has 0 aromatic carbocycles. The maximum Gasteiger partial charge on any atom is 0.0583 e. The topological polar surface area (TPSA) is 9.23 Å². The number of hydrogen-bond acceptors (Lipinski definition) is 1. The summed E-state index contributed by atoms with van der Waals surface area (Å²) in [5, 5.41) is 0. The Morgan fingerprint density at radius 3 is 2.13 bits per heavy atom. The first kappa shape index (κ1) is 13.0. The summed E-state index contributed by atoms with van der Waals surface area (Å²) in [6.07, 6.45) is 4.17. The predicted octanol–water partition coefficient (Wildman–Crippen LogP) is 4.26. The second-order valence-electron chi connectivity index (χ2n) is 7.34. The van der Waals surface area contributed by atoms with Gasteiger partial charge in [0.05, 0.1) is 6.10 Å². The molecule has 2 unspecified atom stereocenters. The van der Waals surface area contributed by atoms with Crippen molar-refractivity contribution in [2.45, 2.75) is 66.9 Å². The highest BCUT2D eigenvalue weighted by atomic mass is 16.5. The molecule has 1 aliphatic heterocycles. The summed E-state index contributed by atoms with van der Waals surface area (Å²) in [4.78, 5) is 0. The fourth-order valence-electron chi connectivity index (χ4n) is 2.49. The zero-order valence-corrected chi connectivity index (χ0v) is 11.4. The van der Waals surface area contributed by atoms with Crippen molar-refractivity contribution in [1.82, 2.24) is 0 Å². The van der Waals surface area contributed by atoms with Crippen molar-refractivity contribution >= 4 is 0 Å². The van der Waals surface area contributed by atoms with Crippen molar-refractivity contribution in [1.29, 1.82) is 0 Å². The van der Waals surface area contributed by atoms with Gasteiger partial charge in [-0.2, -0.15) is 0 Å². The summed E-state index contributed by atoms with van der Waals surface area (Å²) in [7, 11) is 0. The quantitative estimate of drug-likeness (QED) is 0.631. The first-order valence-corrected chi connectivity index (χ1v) is 6.30. The lowest BCUT2D eigenvalue weighted by Gasteiger charge is -2.39. The summed E-state index contributed by atoms with van der Waals surface area (Å²) in [6.45, 7) is 14.9. The molecule has 0 spiro atoms. The molecule has 1 nitrogen and oxygen atoms in total. The van der Waals surface area contributed by atoms with Gasteiger partial charge in [0.25, 0.3) is 0 Å². The molecule has 0 aromatic rings. The van der Waals surface area contributed by atoms with E-state index in [1.165, 1.54) is 19.3 Å². The molecule has 0 saturated carbocycles. The van der Waals surface area contributed by atoms with Crippen LogP contribution in [0.15, 0.2) is 0 Å². The molecule has 1 aliphatic rings. The van der Waals surface area contributed by atoms with Crippen molar-refractivity contribution in [2.24, 2.45) is 16.7 Å². The minimum atomic E-state index is 0.393. The van der Waals surface area contributed by atoms with Gasteiger partial charge in [0, 0.05) is 6.61 Å². The van der Waals surface area contributed by atoms with Gasteiger partial charge in [0.15, 0.2) is 0 Å². The lowest BCUT2D eigenvalue weighted by atomic mass is 9.73. The number of ether oxygens (including phenoxy) is 1. The van der Waals surface area contributed by atoms with E-state index in [4.69, 9.17) is 4.74 Å². The molecule has 0 amide bonds. The van der Waals surface area contributed by atoms with Crippen LogP contribution < -0.4 is 0 Å². The van der Waals surface area contributed by atoms with Crippen molar-refractivity contribution in [3.8, 4) is 0 Å². The minimum absolute atomic E-state index is 0.393. The fraction of sp³-hybridized carbons (Fsp3) is 1.00. The molecule has 1 heterocycles. The van der Waals surface area contributed by atoms with Crippen LogP contribution in [-0.4, -0.2) is 12.7 Å². The van der Waals surface area contributed by atoms with Gasteiger partial charge < -0.3 is 4.74 Å². The first-order chi connectivity index (χ1) is 6.68. The van der Waals surface area contributed by atoms with Crippen LogP contribution in [0.25, 0.3) is 0 Å². The van der Waals surface area contributed by atoms with Gasteiger partial charge in [-0.05, 0) is 36.0 Å². The zero-order chi connectivity index (χ0) is 11.7. The van der Waals surface area contributed by atoms with E-state index < -0.39 is 0 Å². The third-order valence-electron chi connectivity index (χ3n) is 3.43. The van der Waals surface area contributed by atoms with Gasteiger partial charge in [0.2, 0.25) is 0 Å². The molecule has 1 saturated heterocycles. The van der Waals surface area contributed by atoms with E-state index in [-0.39, 0.29) is 0 Å². The van der Waals surface area contributed by atoms with Gasteiger partial charge in [-0.3, -0.25) is 0 Å². The fourth-order valence-corrected chi connectivity index (χ4v) is 2.49. The van der Waals surface area contributed by atoms with Gasteiger partial charge >= 0.3 is 0 Å². The van der Waals surface area contributed by atoms with Crippen molar-refractivity contribution in [3.05, 3.63) is 0 Å². The van der Waals surface area contributed by atoms with E-state index in [1.54, 1.807) is 0 Å². The molecule has 0 bridgehead atoms. The van der Waals surface area contributed by atoms with Gasteiger partial charge in [0.1, 0.15) is 0 Å². The highest BCUT2D eigenvalue weighted by Gasteiger charge is 2.32. The van der Waals surface area contributed by atoms with Crippen LogP contribution in [0.5, 0.6) is 0 Å². The SMILES string of the molecule is CC(C)(C)CC1CC(C(C)(C)C)CCO1. The van der Waals surface area contributed by atoms with Crippen molar-refractivity contribution in [2.75, 3.05) is 6.61 Å². The van der Waals surface area contributed by atoms with Gasteiger partial charge in [-0.15, -0.1) is 0 Å². The van der Waals surface area contributed by atoms with Crippen LogP contribution in [0.2, 0.25) is 0 Å². The first-order valence-electron chi connectivity index (χ1n) is 6.30. The third-order valence-corrected chi connectivity index (χ3v) is 3.43. The van der Waals surface area contributed by atoms with Crippen LogP contribution in [-0.2, 0) is 4.74 Å². The Morgan fingerprint density at radius 2 is 1.67 bits per heavy atom. The van der Waals surface area contributed by atoms with Gasteiger partial charge in [-0.1, -0.05) is 41.5 Å². The molecule has 0 N–H and O–H groups in total. The summed E-state index contributed by atoms with van der Waals surface area (Å²) in [6, 6.07) is 0. The molecule has 1 fully saturated rings. The van der Waals surface area contributed by atoms with E-state index in [2.05, 4.69) is 41.5 Å². The van der Waals surface area contributed by atoms with Crippen LogP contribution in [0.4, 0.5) is 0 Å². The molecule has 2 atom stereocenters. The monoisotopic (exact) mass is 212 g/mol. The normalized spacial score (nSPS) is 29.2. The van der Waals surface area contributed by atoms with Gasteiger partial charge in [-0.25, -0.2) is 0 Å². The Kier molecular flexibility index (Phi) is 3.86. The molecule has 1 rings (SSSR count). The van der Waals surface area contributed by atoms with Crippen LogP contribution >= 0.6 is 0 Å². The highest BCUT2D eigenvalue weighted by molar-refractivity contribution is 4.82. The molecular weight excluding hydrogens is 184 g/mol. The average molecular weight is 212 g/mol. The Bertz CT molecular complexity index is 194. The summed E-state index contributed by atoms with van der Waals surface area (Å²) in [5.41, 5.74) is 0.838. The summed E-state index contributed by atoms with van der Waals surface area (Å²) >= 11 is 0. The van der Waals surface area contributed by atoms with E-state index in [9.17, 15) is 0 Å². The van der Waals surface area contributed by atoms with E-state index in [0.29, 0.717) is 16.9 Å². The molecular formula is C14H28O.